The fourth-order valence-electron chi connectivity index (χ4n) is 2.79. The Kier molecular flexibility index (Phi) is 3.86. The first-order chi connectivity index (χ1) is 8.33. The highest BCUT2D eigenvalue weighted by Crippen LogP contribution is 2.51. The highest BCUT2D eigenvalue weighted by Gasteiger charge is 2.49. The van der Waals surface area contributed by atoms with Gasteiger partial charge < -0.3 is 5.32 Å². The van der Waals surface area contributed by atoms with Gasteiger partial charge in [0.25, 0.3) is 0 Å². The average molecular weight is 227 g/mol. The fourth-order valence-corrected chi connectivity index (χ4v) is 2.79. The van der Waals surface area contributed by atoms with Gasteiger partial charge in [0, 0.05) is 17.9 Å². The van der Waals surface area contributed by atoms with Crippen LogP contribution in [-0.4, -0.2) is 12.6 Å². The van der Waals surface area contributed by atoms with E-state index in [0.29, 0.717) is 11.5 Å². The molecule has 0 heterocycles. The van der Waals surface area contributed by atoms with Crippen LogP contribution in [0.4, 0.5) is 0 Å². The zero-order valence-corrected chi connectivity index (χ0v) is 10.6. The lowest BCUT2D eigenvalue weighted by molar-refractivity contribution is 0.404. The first-order valence-corrected chi connectivity index (χ1v) is 6.56. The van der Waals surface area contributed by atoms with Crippen molar-refractivity contribution in [2.75, 3.05) is 6.54 Å². The molecule has 17 heavy (non-hydrogen) atoms. The topological polar surface area (TPSA) is 12.0 Å². The van der Waals surface area contributed by atoms with E-state index in [9.17, 15) is 0 Å². The quantitative estimate of drug-likeness (QED) is 0.736. The Bertz CT molecular complexity index is 384. The van der Waals surface area contributed by atoms with Crippen molar-refractivity contribution < 1.29 is 0 Å². The summed E-state index contributed by atoms with van der Waals surface area (Å²) in [5.74, 6) is 2.77. The van der Waals surface area contributed by atoms with E-state index >= 15 is 0 Å². The van der Waals surface area contributed by atoms with Crippen LogP contribution in [0.3, 0.4) is 0 Å². The molecule has 1 aliphatic carbocycles. The van der Waals surface area contributed by atoms with Crippen LogP contribution in [0.25, 0.3) is 0 Å². The zero-order valence-electron chi connectivity index (χ0n) is 10.6. The molecule has 1 saturated carbocycles. The molecule has 90 valence electrons. The molecule has 1 heteroatoms. The van der Waals surface area contributed by atoms with Crippen LogP contribution in [0.1, 0.15) is 38.2 Å². The lowest BCUT2D eigenvalue weighted by atomic mass is 9.85. The van der Waals surface area contributed by atoms with Crippen molar-refractivity contribution >= 4 is 0 Å². The normalized spacial score (nSPS) is 18.4. The van der Waals surface area contributed by atoms with E-state index in [1.165, 1.54) is 18.4 Å². The number of terminal acetylenes is 1. The lowest BCUT2D eigenvalue weighted by Gasteiger charge is -2.28. The predicted octanol–water partition coefficient (Wildman–Crippen LogP) is 3.11. The molecule has 1 aromatic rings. The molecule has 1 atom stereocenters. The maximum atomic E-state index is 5.40. The molecule has 0 bridgehead atoms. The van der Waals surface area contributed by atoms with Crippen molar-refractivity contribution in [2.45, 2.75) is 44.1 Å². The second-order valence-electron chi connectivity index (χ2n) is 4.88. The van der Waals surface area contributed by atoms with Gasteiger partial charge in [-0.1, -0.05) is 37.3 Å². The third kappa shape index (κ3) is 2.53. The third-order valence-electron chi connectivity index (χ3n) is 3.83. The van der Waals surface area contributed by atoms with Crippen molar-refractivity contribution in [3.8, 4) is 12.3 Å². The highest BCUT2D eigenvalue weighted by molar-refractivity contribution is 5.34. The van der Waals surface area contributed by atoms with Gasteiger partial charge in [-0.3, -0.25) is 0 Å². The lowest BCUT2D eigenvalue weighted by Crippen LogP contribution is -2.39. The monoisotopic (exact) mass is 227 g/mol. The summed E-state index contributed by atoms with van der Waals surface area (Å²) < 4.78 is 0. The Morgan fingerprint density at radius 1 is 1.35 bits per heavy atom. The molecule has 2 rings (SSSR count). The molecule has 0 saturated heterocycles. The minimum atomic E-state index is 0.355. The fraction of sp³-hybridized carbons (Fsp3) is 0.500. The molecule has 1 aliphatic rings. The van der Waals surface area contributed by atoms with Crippen LogP contribution in [0.5, 0.6) is 0 Å². The molecule has 1 aromatic carbocycles. The summed E-state index contributed by atoms with van der Waals surface area (Å²) in [5, 5.41) is 3.62. The summed E-state index contributed by atoms with van der Waals surface area (Å²) in [7, 11) is 0. The average Bonchev–Trinajstić information content (AvgIpc) is 3.17. The molecule has 0 spiro atoms. The van der Waals surface area contributed by atoms with E-state index in [4.69, 9.17) is 6.42 Å². The van der Waals surface area contributed by atoms with Crippen LogP contribution in [0, 0.1) is 12.3 Å². The molecular formula is C16H21N. The van der Waals surface area contributed by atoms with Gasteiger partial charge >= 0.3 is 0 Å². The first kappa shape index (κ1) is 12.2. The van der Waals surface area contributed by atoms with Crippen molar-refractivity contribution in [3.63, 3.8) is 0 Å². The molecule has 0 radical (unpaired) electrons. The van der Waals surface area contributed by atoms with Crippen LogP contribution < -0.4 is 5.32 Å². The summed E-state index contributed by atoms with van der Waals surface area (Å²) in [6.07, 6.45) is 9.93. The van der Waals surface area contributed by atoms with Gasteiger partial charge in [-0.25, -0.2) is 0 Å². The van der Waals surface area contributed by atoms with Crippen LogP contribution in [0.2, 0.25) is 0 Å². The Morgan fingerprint density at radius 3 is 2.59 bits per heavy atom. The number of hydrogen-bond acceptors (Lipinski definition) is 1. The van der Waals surface area contributed by atoms with Gasteiger partial charge in [-0.15, -0.1) is 12.3 Å². The number of likely N-dealkylation sites (N-methyl/N-ethyl adjacent to an activating group) is 1. The maximum Gasteiger partial charge on any atom is 0.0173 e. The zero-order chi connectivity index (χ0) is 12.1. The number of nitrogens with one attached hydrogen (secondary N) is 1. The van der Waals surface area contributed by atoms with Gasteiger partial charge in [0.05, 0.1) is 0 Å². The second-order valence-corrected chi connectivity index (χ2v) is 4.88. The summed E-state index contributed by atoms with van der Waals surface area (Å²) in [6.45, 7) is 3.19. The number of hydrogen-bond donors (Lipinski definition) is 1. The molecule has 1 nitrogen and oxygen atoms in total. The highest BCUT2D eigenvalue weighted by atomic mass is 14.9. The number of benzene rings is 1. The Labute approximate surface area is 105 Å². The van der Waals surface area contributed by atoms with E-state index in [1.807, 2.05) is 0 Å². The maximum absolute atomic E-state index is 5.40. The van der Waals surface area contributed by atoms with E-state index in [0.717, 1.165) is 19.4 Å². The van der Waals surface area contributed by atoms with Crippen molar-refractivity contribution in [1.29, 1.82) is 0 Å². The molecule has 1 fully saturated rings. The van der Waals surface area contributed by atoms with Crippen LogP contribution >= 0.6 is 0 Å². The van der Waals surface area contributed by atoms with E-state index < -0.39 is 0 Å². The molecule has 0 amide bonds. The van der Waals surface area contributed by atoms with Gasteiger partial charge in [0.2, 0.25) is 0 Å². The standard InChI is InChI=1S/C16H21N/c1-3-5-11-15(17-4-2)16(12-13-16)14-9-7-6-8-10-14/h1,6-10,15,17H,4-5,11-13H2,2H3. The Hall–Kier alpha value is -1.26. The predicted molar refractivity (Wildman–Crippen MR) is 72.9 cm³/mol. The largest absolute Gasteiger partial charge is 0.313 e. The van der Waals surface area contributed by atoms with Crippen molar-refractivity contribution in [2.24, 2.45) is 0 Å². The number of rotatable bonds is 6. The SMILES string of the molecule is C#CCCC(NCC)C1(c2ccccc2)CC1. The molecule has 0 aromatic heterocycles. The van der Waals surface area contributed by atoms with E-state index in [2.05, 4.69) is 48.5 Å². The van der Waals surface area contributed by atoms with E-state index in [-0.39, 0.29) is 0 Å². The molecule has 0 aliphatic heterocycles. The van der Waals surface area contributed by atoms with Gasteiger partial charge in [0.15, 0.2) is 0 Å². The van der Waals surface area contributed by atoms with Crippen molar-refractivity contribution in [1.82, 2.24) is 5.32 Å². The smallest absolute Gasteiger partial charge is 0.0173 e. The summed E-state index contributed by atoms with van der Waals surface area (Å²) in [6, 6.07) is 11.4. The summed E-state index contributed by atoms with van der Waals surface area (Å²) in [4.78, 5) is 0. The minimum absolute atomic E-state index is 0.355. The van der Waals surface area contributed by atoms with Gasteiger partial charge in [-0.2, -0.15) is 0 Å². The van der Waals surface area contributed by atoms with Crippen LogP contribution in [0.15, 0.2) is 30.3 Å². The van der Waals surface area contributed by atoms with E-state index in [1.54, 1.807) is 0 Å². The van der Waals surface area contributed by atoms with Crippen molar-refractivity contribution in [3.05, 3.63) is 35.9 Å². The Morgan fingerprint density at radius 2 is 2.06 bits per heavy atom. The molecular weight excluding hydrogens is 206 g/mol. The Balaban J connectivity index is 2.15. The van der Waals surface area contributed by atoms with Gasteiger partial charge in [-0.05, 0) is 31.4 Å². The second kappa shape index (κ2) is 5.38. The first-order valence-electron chi connectivity index (χ1n) is 6.56. The summed E-state index contributed by atoms with van der Waals surface area (Å²) >= 11 is 0. The molecule has 1 N–H and O–H groups in total. The van der Waals surface area contributed by atoms with Crippen LogP contribution in [-0.2, 0) is 5.41 Å². The molecule has 1 unspecified atom stereocenters. The van der Waals surface area contributed by atoms with Gasteiger partial charge in [0.1, 0.15) is 0 Å². The third-order valence-corrected chi connectivity index (χ3v) is 3.83. The minimum Gasteiger partial charge on any atom is -0.313 e. The summed E-state index contributed by atoms with van der Waals surface area (Å²) in [5.41, 5.74) is 1.83.